The van der Waals surface area contributed by atoms with Gasteiger partial charge in [0.2, 0.25) is 0 Å². The third-order valence-corrected chi connectivity index (χ3v) is 3.88. The van der Waals surface area contributed by atoms with E-state index < -0.39 is 0 Å². The zero-order chi connectivity index (χ0) is 17.3. The molecule has 0 atom stereocenters. The number of fused-ring (bicyclic) bond motifs is 1. The van der Waals surface area contributed by atoms with Gasteiger partial charge in [0, 0.05) is 6.07 Å². The van der Waals surface area contributed by atoms with Crippen LogP contribution in [0.25, 0.3) is 11.0 Å². The fourth-order valence-electron chi connectivity index (χ4n) is 2.50. The molecule has 0 unspecified atom stereocenters. The average molecular weight is 346 g/mol. The maximum Gasteiger partial charge on any atom is 0.286 e. The molecule has 6 nitrogen and oxygen atoms in total. The van der Waals surface area contributed by atoms with E-state index >= 15 is 0 Å². The van der Waals surface area contributed by atoms with Crippen molar-refractivity contribution >= 4 is 28.5 Å². The van der Waals surface area contributed by atoms with E-state index in [0.29, 0.717) is 27.6 Å². The van der Waals surface area contributed by atoms with Gasteiger partial charge >= 0.3 is 0 Å². The molecule has 0 spiro atoms. The van der Waals surface area contributed by atoms with Gasteiger partial charge in [-0.3, -0.25) is 4.79 Å². The summed E-state index contributed by atoms with van der Waals surface area (Å²) < 4.78 is 12.0. The molecule has 2 aromatic carbocycles. The van der Waals surface area contributed by atoms with Crippen molar-refractivity contribution in [3.05, 3.63) is 46.5 Å². The van der Waals surface area contributed by atoms with Crippen molar-refractivity contribution < 1.29 is 14.3 Å². The number of ether oxygens (including phenoxy) is 2. The Balaban J connectivity index is 1.81. The van der Waals surface area contributed by atoms with Crippen LogP contribution < -0.4 is 9.47 Å². The predicted octanol–water partition coefficient (Wildman–Crippen LogP) is 3.43. The molecule has 0 bridgehead atoms. The smallest absolute Gasteiger partial charge is 0.286 e. The lowest BCUT2D eigenvalue weighted by molar-refractivity contribution is 0.0824. The second-order valence-electron chi connectivity index (χ2n) is 5.43. The molecule has 0 saturated carbocycles. The number of carbonyl (C=O) groups is 1. The number of hydrogen-bond donors (Lipinski definition) is 0. The molecule has 0 amide bonds. The Bertz CT molecular complexity index is 898. The zero-order valence-electron chi connectivity index (χ0n) is 13.5. The van der Waals surface area contributed by atoms with Crippen LogP contribution in [0.1, 0.15) is 15.9 Å². The van der Waals surface area contributed by atoms with Crippen LogP contribution in [-0.4, -0.2) is 34.6 Å². The third kappa shape index (κ3) is 3.05. The highest BCUT2D eigenvalue weighted by atomic mass is 35.5. The normalized spacial score (nSPS) is 10.8. The van der Waals surface area contributed by atoms with Crippen molar-refractivity contribution in [2.24, 2.45) is 0 Å². The number of methoxy groups -OCH3 is 1. The van der Waals surface area contributed by atoms with E-state index in [-0.39, 0.29) is 12.5 Å². The first-order valence-electron chi connectivity index (χ1n) is 7.32. The highest BCUT2D eigenvalue weighted by Gasteiger charge is 2.15. The number of hydrogen-bond acceptors (Lipinski definition) is 5. The lowest BCUT2D eigenvalue weighted by Gasteiger charge is -2.11. The fourth-order valence-corrected chi connectivity index (χ4v) is 2.87. The molecule has 7 heteroatoms. The van der Waals surface area contributed by atoms with Crippen molar-refractivity contribution in [2.45, 2.75) is 13.8 Å². The van der Waals surface area contributed by atoms with Gasteiger partial charge in [-0.25, -0.2) is 0 Å². The average Bonchev–Trinajstić information content (AvgIpc) is 2.96. The van der Waals surface area contributed by atoms with E-state index in [2.05, 4.69) is 10.3 Å². The quantitative estimate of drug-likeness (QED) is 0.724. The Morgan fingerprint density at radius 3 is 2.75 bits per heavy atom. The van der Waals surface area contributed by atoms with E-state index in [4.69, 9.17) is 21.1 Å². The molecular formula is C17H16ClN3O3. The number of aryl methyl sites for hydroxylation is 2. The Morgan fingerprint density at radius 1 is 1.25 bits per heavy atom. The molecular weight excluding hydrogens is 330 g/mol. The van der Waals surface area contributed by atoms with Crippen LogP contribution in [0.3, 0.4) is 0 Å². The fraction of sp³-hybridized carbons (Fsp3) is 0.235. The minimum Gasteiger partial charge on any atom is -0.497 e. The zero-order valence-corrected chi connectivity index (χ0v) is 14.3. The topological polar surface area (TPSA) is 66.2 Å². The van der Waals surface area contributed by atoms with Crippen LogP contribution in [0.5, 0.6) is 11.5 Å². The molecule has 0 N–H and O–H groups in total. The molecule has 0 aliphatic rings. The second kappa shape index (κ2) is 6.49. The molecule has 0 aliphatic carbocycles. The van der Waals surface area contributed by atoms with Gasteiger partial charge in [-0.2, -0.15) is 4.68 Å². The van der Waals surface area contributed by atoms with E-state index in [0.717, 1.165) is 11.1 Å². The third-order valence-electron chi connectivity index (χ3n) is 3.60. The second-order valence-corrected chi connectivity index (χ2v) is 5.84. The SMILES string of the molecule is COc1ccc2c(c1)nnn2C(=O)COc1c(C)cc(C)cc1Cl. The van der Waals surface area contributed by atoms with Gasteiger partial charge in [0.15, 0.2) is 6.61 Å². The van der Waals surface area contributed by atoms with Gasteiger partial charge in [0.05, 0.1) is 17.6 Å². The van der Waals surface area contributed by atoms with E-state index in [1.165, 1.54) is 4.68 Å². The summed E-state index contributed by atoms with van der Waals surface area (Å²) in [5, 5.41) is 8.35. The molecule has 1 aromatic heterocycles. The molecule has 24 heavy (non-hydrogen) atoms. The van der Waals surface area contributed by atoms with Gasteiger partial charge < -0.3 is 9.47 Å². The van der Waals surface area contributed by atoms with Gasteiger partial charge in [0.25, 0.3) is 5.91 Å². The lowest BCUT2D eigenvalue weighted by atomic mass is 10.1. The summed E-state index contributed by atoms with van der Waals surface area (Å²) in [6.07, 6.45) is 0. The highest BCUT2D eigenvalue weighted by molar-refractivity contribution is 6.32. The maximum absolute atomic E-state index is 12.4. The molecule has 3 aromatic rings. The number of halogens is 1. The predicted molar refractivity (Wildman–Crippen MR) is 91.1 cm³/mol. The van der Waals surface area contributed by atoms with Gasteiger partial charge in [0.1, 0.15) is 17.0 Å². The van der Waals surface area contributed by atoms with Gasteiger partial charge in [-0.15, -0.1) is 5.10 Å². The number of aromatic nitrogens is 3. The first kappa shape index (κ1) is 16.3. The minimum absolute atomic E-state index is 0.186. The Labute approximate surface area is 143 Å². The summed E-state index contributed by atoms with van der Waals surface area (Å²) in [5.74, 6) is 0.820. The summed E-state index contributed by atoms with van der Waals surface area (Å²) in [4.78, 5) is 12.4. The van der Waals surface area contributed by atoms with Crippen LogP contribution in [0.2, 0.25) is 5.02 Å². The molecule has 1 heterocycles. The Morgan fingerprint density at radius 2 is 2.04 bits per heavy atom. The summed E-state index contributed by atoms with van der Waals surface area (Å²) in [6, 6.07) is 8.94. The van der Waals surface area contributed by atoms with E-state index in [9.17, 15) is 4.79 Å². The monoisotopic (exact) mass is 345 g/mol. The largest absolute Gasteiger partial charge is 0.497 e. The first-order valence-corrected chi connectivity index (χ1v) is 7.69. The van der Waals surface area contributed by atoms with Crippen molar-refractivity contribution in [1.29, 1.82) is 0 Å². The van der Waals surface area contributed by atoms with Crippen molar-refractivity contribution in [2.75, 3.05) is 13.7 Å². The summed E-state index contributed by atoms with van der Waals surface area (Å²) in [7, 11) is 1.57. The van der Waals surface area contributed by atoms with Gasteiger partial charge in [-0.05, 0) is 43.2 Å². The Hall–Kier alpha value is -2.60. The summed E-state index contributed by atoms with van der Waals surface area (Å²) in [5.41, 5.74) is 3.08. The van der Waals surface area contributed by atoms with E-state index in [1.54, 1.807) is 31.4 Å². The van der Waals surface area contributed by atoms with Crippen LogP contribution >= 0.6 is 11.6 Å². The maximum atomic E-state index is 12.4. The minimum atomic E-state index is -0.335. The molecule has 0 radical (unpaired) electrons. The van der Waals surface area contributed by atoms with Crippen LogP contribution in [-0.2, 0) is 0 Å². The number of nitrogens with zero attached hydrogens (tertiary/aromatic N) is 3. The van der Waals surface area contributed by atoms with Gasteiger partial charge in [-0.1, -0.05) is 22.9 Å². The number of rotatable bonds is 4. The Kier molecular flexibility index (Phi) is 4.40. The standard InChI is InChI=1S/C17H16ClN3O3/c1-10-6-11(2)17(13(18)7-10)24-9-16(22)21-15-5-4-12(23-3)8-14(15)19-20-21/h4-8H,9H2,1-3H3. The number of carbonyl (C=O) groups excluding carboxylic acids is 1. The number of benzene rings is 2. The van der Waals surface area contributed by atoms with E-state index in [1.807, 2.05) is 19.9 Å². The highest BCUT2D eigenvalue weighted by Crippen LogP contribution is 2.29. The molecule has 124 valence electrons. The van der Waals surface area contributed by atoms with Crippen molar-refractivity contribution in [1.82, 2.24) is 15.0 Å². The van der Waals surface area contributed by atoms with Crippen LogP contribution in [0.15, 0.2) is 30.3 Å². The first-order chi connectivity index (χ1) is 11.5. The van der Waals surface area contributed by atoms with Crippen LogP contribution in [0.4, 0.5) is 0 Å². The summed E-state index contributed by atoms with van der Waals surface area (Å²) >= 11 is 6.19. The lowest BCUT2D eigenvalue weighted by Crippen LogP contribution is -2.20. The van der Waals surface area contributed by atoms with Crippen molar-refractivity contribution in [3.8, 4) is 11.5 Å². The van der Waals surface area contributed by atoms with Crippen molar-refractivity contribution in [3.63, 3.8) is 0 Å². The molecule has 0 saturated heterocycles. The molecule has 3 rings (SSSR count). The molecule has 0 aliphatic heterocycles. The summed E-state index contributed by atoms with van der Waals surface area (Å²) in [6.45, 7) is 3.65. The van der Waals surface area contributed by atoms with Crippen LogP contribution in [0, 0.1) is 13.8 Å². The molecule has 0 fully saturated rings.